The summed E-state index contributed by atoms with van der Waals surface area (Å²) in [7, 11) is 0. The normalized spacial score (nSPS) is 11.8. The number of hydrogen-bond donors (Lipinski definition) is 3. The van der Waals surface area contributed by atoms with E-state index in [1.807, 2.05) is 12.1 Å². The fourth-order valence-electron chi connectivity index (χ4n) is 2.47. The van der Waals surface area contributed by atoms with E-state index in [4.69, 9.17) is 10.5 Å². The molecule has 0 saturated heterocycles. The Kier molecular flexibility index (Phi) is 7.00. The lowest BCUT2D eigenvalue weighted by Gasteiger charge is -2.24. The number of benzene rings is 2. The number of aliphatic hydroxyl groups is 2. The molecule has 0 spiro atoms. The molecule has 0 aliphatic heterocycles. The summed E-state index contributed by atoms with van der Waals surface area (Å²) in [5.41, 5.74) is 8.42. The van der Waals surface area contributed by atoms with Crippen molar-refractivity contribution in [2.45, 2.75) is 32.2 Å². The maximum Gasteiger partial charge on any atom is 0.119 e. The molecule has 0 bridgehead atoms. The molecule has 136 valence electrons. The highest BCUT2D eigenvalue weighted by Crippen LogP contribution is 2.24. The van der Waals surface area contributed by atoms with E-state index in [1.54, 1.807) is 0 Å². The molecular formula is C21H29NO3. The highest BCUT2D eigenvalue weighted by atomic mass is 16.5. The van der Waals surface area contributed by atoms with Crippen molar-refractivity contribution in [3.05, 3.63) is 54.1 Å². The summed E-state index contributed by atoms with van der Waals surface area (Å²) in [5.74, 6) is 1.40. The van der Waals surface area contributed by atoms with E-state index in [0.29, 0.717) is 12.3 Å². The Morgan fingerprint density at radius 1 is 0.920 bits per heavy atom. The van der Waals surface area contributed by atoms with E-state index < -0.39 is 5.54 Å². The van der Waals surface area contributed by atoms with Gasteiger partial charge in [0, 0.05) is 0 Å². The van der Waals surface area contributed by atoms with E-state index in [1.165, 1.54) is 0 Å². The van der Waals surface area contributed by atoms with Crippen molar-refractivity contribution >= 4 is 0 Å². The fourth-order valence-corrected chi connectivity index (χ4v) is 2.47. The lowest BCUT2D eigenvalue weighted by atomic mass is 9.93. The fraction of sp³-hybridized carbons (Fsp3) is 0.429. The van der Waals surface area contributed by atoms with Gasteiger partial charge < -0.3 is 20.7 Å². The van der Waals surface area contributed by atoms with Crippen LogP contribution < -0.4 is 10.5 Å². The predicted octanol–water partition coefficient (Wildman–Crippen LogP) is 3.00. The first-order chi connectivity index (χ1) is 12.0. The Morgan fingerprint density at radius 3 is 1.92 bits per heavy atom. The van der Waals surface area contributed by atoms with E-state index in [0.717, 1.165) is 35.5 Å². The molecule has 25 heavy (non-hydrogen) atoms. The maximum atomic E-state index is 9.25. The third kappa shape index (κ3) is 5.85. The molecule has 0 heterocycles. The van der Waals surface area contributed by atoms with E-state index in [2.05, 4.69) is 50.2 Å². The average Bonchev–Trinajstić information content (AvgIpc) is 2.65. The van der Waals surface area contributed by atoms with Crippen LogP contribution in [0.2, 0.25) is 0 Å². The minimum Gasteiger partial charge on any atom is -0.493 e. The monoisotopic (exact) mass is 343 g/mol. The SMILES string of the molecule is CC(C)COc1ccc(-c2ccc(CCC(N)(CO)CO)cc2)cc1. The average molecular weight is 343 g/mol. The third-order valence-corrected chi connectivity index (χ3v) is 4.27. The summed E-state index contributed by atoms with van der Waals surface area (Å²) >= 11 is 0. The van der Waals surface area contributed by atoms with Crippen LogP contribution in [0.25, 0.3) is 11.1 Å². The van der Waals surface area contributed by atoms with Crippen molar-refractivity contribution in [1.29, 1.82) is 0 Å². The van der Waals surface area contributed by atoms with E-state index >= 15 is 0 Å². The highest BCUT2D eigenvalue weighted by molar-refractivity contribution is 5.64. The van der Waals surface area contributed by atoms with Crippen molar-refractivity contribution in [2.24, 2.45) is 11.7 Å². The summed E-state index contributed by atoms with van der Waals surface area (Å²) < 4.78 is 5.71. The zero-order valence-corrected chi connectivity index (χ0v) is 15.1. The molecule has 4 nitrogen and oxygen atoms in total. The first-order valence-corrected chi connectivity index (χ1v) is 8.78. The van der Waals surface area contributed by atoms with Crippen LogP contribution in [-0.4, -0.2) is 35.6 Å². The number of ether oxygens (including phenoxy) is 1. The Balaban J connectivity index is 1.97. The van der Waals surface area contributed by atoms with Gasteiger partial charge in [0.25, 0.3) is 0 Å². The highest BCUT2D eigenvalue weighted by Gasteiger charge is 2.22. The van der Waals surface area contributed by atoms with Crippen LogP contribution in [0.4, 0.5) is 0 Å². The Hall–Kier alpha value is -1.88. The molecule has 0 atom stereocenters. The Morgan fingerprint density at radius 2 is 1.44 bits per heavy atom. The third-order valence-electron chi connectivity index (χ3n) is 4.27. The first kappa shape index (κ1) is 19.4. The second-order valence-electron chi connectivity index (χ2n) is 7.10. The molecule has 0 saturated carbocycles. The number of hydrogen-bond acceptors (Lipinski definition) is 4. The summed E-state index contributed by atoms with van der Waals surface area (Å²) in [5, 5.41) is 18.5. The lowest BCUT2D eigenvalue weighted by Crippen LogP contribution is -2.47. The number of aliphatic hydroxyl groups excluding tert-OH is 2. The van der Waals surface area contributed by atoms with E-state index in [9.17, 15) is 10.2 Å². The first-order valence-electron chi connectivity index (χ1n) is 8.78. The van der Waals surface area contributed by atoms with Crippen LogP contribution in [0.5, 0.6) is 5.75 Å². The molecule has 2 aromatic rings. The van der Waals surface area contributed by atoms with Crippen LogP contribution in [0.3, 0.4) is 0 Å². The van der Waals surface area contributed by atoms with Gasteiger partial charge in [-0.25, -0.2) is 0 Å². The molecule has 0 unspecified atom stereocenters. The molecule has 0 aliphatic carbocycles. The minimum absolute atomic E-state index is 0.215. The van der Waals surface area contributed by atoms with Crippen molar-refractivity contribution in [3.8, 4) is 16.9 Å². The van der Waals surface area contributed by atoms with E-state index in [-0.39, 0.29) is 13.2 Å². The molecule has 0 fully saturated rings. The zero-order chi connectivity index (χ0) is 18.3. The van der Waals surface area contributed by atoms with Crippen molar-refractivity contribution < 1.29 is 14.9 Å². The molecular weight excluding hydrogens is 314 g/mol. The van der Waals surface area contributed by atoms with Crippen molar-refractivity contribution in [2.75, 3.05) is 19.8 Å². The number of nitrogens with two attached hydrogens (primary N) is 1. The van der Waals surface area contributed by atoms with Crippen LogP contribution in [0.15, 0.2) is 48.5 Å². The molecule has 0 radical (unpaired) electrons. The van der Waals surface area contributed by atoms with Gasteiger partial charge >= 0.3 is 0 Å². The number of aryl methyl sites for hydroxylation is 1. The quantitative estimate of drug-likeness (QED) is 0.654. The van der Waals surface area contributed by atoms with Gasteiger partial charge in [0.2, 0.25) is 0 Å². The molecule has 4 heteroatoms. The van der Waals surface area contributed by atoms with Gasteiger partial charge in [0.05, 0.1) is 25.4 Å². The van der Waals surface area contributed by atoms with Crippen LogP contribution >= 0.6 is 0 Å². The summed E-state index contributed by atoms with van der Waals surface area (Å²) in [4.78, 5) is 0. The molecule has 0 amide bonds. The Labute approximate surface area is 150 Å². The van der Waals surface area contributed by atoms with Crippen molar-refractivity contribution in [3.63, 3.8) is 0 Å². The minimum atomic E-state index is -0.912. The van der Waals surface area contributed by atoms with Crippen LogP contribution in [-0.2, 0) is 6.42 Å². The molecule has 4 N–H and O–H groups in total. The van der Waals surface area contributed by atoms with Crippen molar-refractivity contribution in [1.82, 2.24) is 0 Å². The summed E-state index contributed by atoms with van der Waals surface area (Å²) in [6.07, 6.45) is 1.26. The predicted molar refractivity (Wildman–Crippen MR) is 102 cm³/mol. The molecule has 0 aliphatic rings. The smallest absolute Gasteiger partial charge is 0.119 e. The van der Waals surface area contributed by atoms with Crippen LogP contribution in [0.1, 0.15) is 25.8 Å². The largest absolute Gasteiger partial charge is 0.493 e. The zero-order valence-electron chi connectivity index (χ0n) is 15.1. The molecule has 2 aromatic carbocycles. The van der Waals surface area contributed by atoms with Gasteiger partial charge in [0.1, 0.15) is 5.75 Å². The second kappa shape index (κ2) is 8.99. The maximum absolute atomic E-state index is 9.25. The molecule has 0 aromatic heterocycles. The van der Waals surface area contributed by atoms with Gasteiger partial charge in [-0.05, 0) is 47.6 Å². The topological polar surface area (TPSA) is 75.7 Å². The van der Waals surface area contributed by atoms with Gasteiger partial charge in [-0.3, -0.25) is 0 Å². The Bertz CT molecular complexity index is 631. The van der Waals surface area contributed by atoms with Gasteiger partial charge in [0.15, 0.2) is 0 Å². The van der Waals surface area contributed by atoms with Crippen LogP contribution in [0, 0.1) is 5.92 Å². The lowest BCUT2D eigenvalue weighted by molar-refractivity contribution is 0.115. The van der Waals surface area contributed by atoms with Gasteiger partial charge in [-0.15, -0.1) is 0 Å². The summed E-state index contributed by atoms with van der Waals surface area (Å²) in [6.45, 7) is 4.55. The summed E-state index contributed by atoms with van der Waals surface area (Å²) in [6, 6.07) is 16.4. The van der Waals surface area contributed by atoms with Gasteiger partial charge in [-0.1, -0.05) is 50.2 Å². The second-order valence-corrected chi connectivity index (χ2v) is 7.10. The number of rotatable bonds is 9. The van der Waals surface area contributed by atoms with Gasteiger partial charge in [-0.2, -0.15) is 0 Å². The molecule has 2 rings (SSSR count). The standard InChI is InChI=1S/C21H29NO3/c1-16(2)13-25-20-9-7-19(8-10-20)18-5-3-17(4-6-18)11-12-21(22,14-23)15-24/h3-10,16,23-24H,11-15,22H2,1-2H3.